The van der Waals surface area contributed by atoms with Crippen molar-refractivity contribution in [2.75, 3.05) is 47.5 Å². The number of likely N-dealkylation sites (N-methyl/N-ethyl adjacent to an activating group) is 1. The number of carboxylic acid groups (broad SMARTS) is 1. The molecule has 58 heavy (non-hydrogen) atoms. The number of unbranched alkanes of at least 4 members (excludes halogenated alkanes) is 16. The summed E-state index contributed by atoms with van der Waals surface area (Å²) in [6.45, 7) is 4.66. The first-order valence-corrected chi connectivity index (χ1v) is 23.0. The van der Waals surface area contributed by atoms with E-state index in [0.717, 1.165) is 96.3 Å². The molecule has 2 atom stereocenters. The highest BCUT2D eigenvalue weighted by molar-refractivity contribution is 5.71. The molecule has 0 aliphatic heterocycles. The SMILES string of the molecule is CC/C=C\C/C=C\C/C=C\C/C=C\CCCCCCCCCCCCC(=O)OC(COC(=O)CCCCCCC/C=C\CCC)COC(OCC[N+](C)(C)C)C(=O)O. The quantitative estimate of drug-likeness (QED) is 0.0214. The summed E-state index contributed by atoms with van der Waals surface area (Å²) in [5, 5.41) is 9.63. The van der Waals surface area contributed by atoms with Gasteiger partial charge < -0.3 is 28.5 Å². The van der Waals surface area contributed by atoms with Crippen LogP contribution in [-0.4, -0.2) is 87.4 Å². The zero-order chi connectivity index (χ0) is 42.8. The summed E-state index contributed by atoms with van der Waals surface area (Å²) < 4.78 is 22.7. The Morgan fingerprint density at radius 1 is 0.534 bits per heavy atom. The minimum atomic E-state index is -1.51. The first-order valence-electron chi connectivity index (χ1n) is 23.0. The zero-order valence-electron chi connectivity index (χ0n) is 37.7. The molecule has 0 radical (unpaired) electrons. The number of carbonyl (C=O) groups excluding carboxylic acids is 2. The van der Waals surface area contributed by atoms with Crippen LogP contribution < -0.4 is 0 Å². The van der Waals surface area contributed by atoms with Crippen LogP contribution in [0.3, 0.4) is 0 Å². The normalized spacial score (nSPS) is 13.5. The third-order valence-electron chi connectivity index (χ3n) is 9.49. The van der Waals surface area contributed by atoms with Crippen LogP contribution in [0.1, 0.15) is 174 Å². The molecule has 0 heterocycles. The van der Waals surface area contributed by atoms with Crippen LogP contribution in [-0.2, 0) is 33.3 Å². The Balaban J connectivity index is 4.33. The van der Waals surface area contributed by atoms with E-state index in [0.29, 0.717) is 17.4 Å². The lowest BCUT2D eigenvalue weighted by Crippen LogP contribution is -2.40. The molecule has 0 fully saturated rings. The van der Waals surface area contributed by atoms with Crippen LogP contribution >= 0.6 is 0 Å². The molecule has 334 valence electrons. The van der Waals surface area contributed by atoms with E-state index >= 15 is 0 Å². The van der Waals surface area contributed by atoms with Crippen LogP contribution in [0.25, 0.3) is 0 Å². The van der Waals surface area contributed by atoms with Gasteiger partial charge in [-0.2, -0.15) is 0 Å². The fourth-order valence-corrected chi connectivity index (χ4v) is 5.95. The maximum absolute atomic E-state index is 12.8. The predicted molar refractivity (Wildman–Crippen MR) is 240 cm³/mol. The van der Waals surface area contributed by atoms with E-state index in [1.165, 1.54) is 44.9 Å². The predicted octanol–water partition coefficient (Wildman–Crippen LogP) is 12.2. The molecule has 0 saturated heterocycles. The standard InChI is InChI=1S/C49H85NO8/c1-6-8-10-12-14-16-18-19-20-21-22-23-24-25-26-27-28-29-30-32-34-36-38-40-47(52)58-45(44-57-49(48(53)54)55-42-41-50(3,4)5)43-56-46(51)39-37-35-33-31-17-15-13-11-9-7-2/h8,10-11,13-14,16,19-20,22-23,45,49H,6-7,9,12,15,17-18,21,24-44H2,1-5H3/p+1/b10-8-,13-11-,16-14-,20-19-,23-22-. The van der Waals surface area contributed by atoms with Crippen molar-refractivity contribution in [1.29, 1.82) is 0 Å². The van der Waals surface area contributed by atoms with Gasteiger partial charge in [-0.25, -0.2) is 4.79 Å². The van der Waals surface area contributed by atoms with Gasteiger partial charge in [0.2, 0.25) is 0 Å². The molecule has 0 rings (SSSR count). The monoisotopic (exact) mass is 817 g/mol. The second-order valence-electron chi connectivity index (χ2n) is 16.3. The average Bonchev–Trinajstić information content (AvgIpc) is 3.18. The minimum absolute atomic E-state index is 0.183. The maximum Gasteiger partial charge on any atom is 0.361 e. The molecule has 9 nitrogen and oxygen atoms in total. The van der Waals surface area contributed by atoms with Gasteiger partial charge in [-0.15, -0.1) is 0 Å². The van der Waals surface area contributed by atoms with Crippen molar-refractivity contribution in [2.24, 2.45) is 0 Å². The van der Waals surface area contributed by atoms with Gasteiger partial charge in [0.25, 0.3) is 6.29 Å². The molecule has 9 heteroatoms. The highest BCUT2D eigenvalue weighted by Gasteiger charge is 2.25. The van der Waals surface area contributed by atoms with E-state index in [2.05, 4.69) is 74.6 Å². The molecular formula is C49H86NO8+. The van der Waals surface area contributed by atoms with Gasteiger partial charge in [0.15, 0.2) is 6.10 Å². The lowest BCUT2D eigenvalue weighted by molar-refractivity contribution is -0.870. The molecule has 0 amide bonds. The summed E-state index contributed by atoms with van der Waals surface area (Å²) in [5.41, 5.74) is 0. The summed E-state index contributed by atoms with van der Waals surface area (Å²) >= 11 is 0. The van der Waals surface area contributed by atoms with Crippen molar-refractivity contribution < 1.29 is 42.9 Å². The number of carboxylic acids is 1. The second kappa shape index (κ2) is 40.8. The lowest BCUT2D eigenvalue weighted by Gasteiger charge is -2.25. The molecule has 1 N–H and O–H groups in total. The number of allylic oxidation sites excluding steroid dienone is 10. The van der Waals surface area contributed by atoms with Gasteiger partial charge in [-0.05, 0) is 70.6 Å². The van der Waals surface area contributed by atoms with E-state index in [4.69, 9.17) is 18.9 Å². The largest absolute Gasteiger partial charge is 0.477 e. The molecule has 0 aromatic rings. The molecule has 0 spiro atoms. The number of hydrogen-bond acceptors (Lipinski definition) is 7. The topological polar surface area (TPSA) is 108 Å². The second-order valence-corrected chi connectivity index (χ2v) is 16.3. The lowest BCUT2D eigenvalue weighted by atomic mass is 10.0. The molecular weight excluding hydrogens is 731 g/mol. The third kappa shape index (κ3) is 41.2. The van der Waals surface area contributed by atoms with Crippen LogP contribution in [0.5, 0.6) is 0 Å². The summed E-state index contributed by atoms with van der Waals surface area (Å²) in [6, 6.07) is 0. The number of aliphatic carboxylic acids is 1. The molecule has 0 aliphatic rings. The Morgan fingerprint density at radius 3 is 1.48 bits per heavy atom. The molecule has 2 unspecified atom stereocenters. The van der Waals surface area contributed by atoms with Gasteiger partial charge in [0.1, 0.15) is 13.2 Å². The van der Waals surface area contributed by atoms with Crippen LogP contribution in [0, 0.1) is 0 Å². The minimum Gasteiger partial charge on any atom is -0.477 e. The number of hydrogen-bond donors (Lipinski definition) is 1. The van der Waals surface area contributed by atoms with E-state index in [1.807, 2.05) is 21.1 Å². The number of rotatable bonds is 41. The molecule has 0 saturated carbocycles. The van der Waals surface area contributed by atoms with Crippen LogP contribution in [0.4, 0.5) is 0 Å². The van der Waals surface area contributed by atoms with Gasteiger partial charge in [-0.1, -0.05) is 152 Å². The van der Waals surface area contributed by atoms with E-state index < -0.39 is 24.3 Å². The summed E-state index contributed by atoms with van der Waals surface area (Å²) in [6.07, 6.45) is 45.7. The fraction of sp³-hybridized carbons (Fsp3) is 0.735. The number of nitrogens with zero attached hydrogens (tertiary/aromatic N) is 1. The van der Waals surface area contributed by atoms with Crippen LogP contribution in [0.2, 0.25) is 0 Å². The van der Waals surface area contributed by atoms with E-state index in [-0.39, 0.29) is 38.6 Å². The fourth-order valence-electron chi connectivity index (χ4n) is 5.95. The van der Waals surface area contributed by atoms with Crippen molar-refractivity contribution >= 4 is 17.9 Å². The first-order chi connectivity index (χ1) is 28.1. The molecule has 0 aromatic heterocycles. The smallest absolute Gasteiger partial charge is 0.361 e. The summed E-state index contributed by atoms with van der Waals surface area (Å²) in [5.74, 6) is -2.03. The highest BCUT2D eigenvalue weighted by atomic mass is 16.7. The Morgan fingerprint density at radius 2 is 0.983 bits per heavy atom. The van der Waals surface area contributed by atoms with Crippen molar-refractivity contribution in [3.63, 3.8) is 0 Å². The van der Waals surface area contributed by atoms with Crippen molar-refractivity contribution in [1.82, 2.24) is 0 Å². The van der Waals surface area contributed by atoms with Gasteiger partial charge in [-0.3, -0.25) is 9.59 Å². The van der Waals surface area contributed by atoms with Gasteiger partial charge in [0, 0.05) is 12.8 Å². The molecule has 0 aromatic carbocycles. The molecule has 0 aliphatic carbocycles. The van der Waals surface area contributed by atoms with Gasteiger partial charge in [0.05, 0.1) is 34.4 Å². The van der Waals surface area contributed by atoms with E-state index in [1.54, 1.807) is 0 Å². The summed E-state index contributed by atoms with van der Waals surface area (Å²) in [7, 11) is 5.94. The number of esters is 2. The van der Waals surface area contributed by atoms with Crippen molar-refractivity contribution in [3.8, 4) is 0 Å². The highest BCUT2D eigenvalue weighted by Crippen LogP contribution is 2.14. The molecule has 0 bridgehead atoms. The Labute approximate surface area is 355 Å². The Kier molecular flexibility index (Phi) is 38.6. The Hall–Kier alpha value is -3.01. The summed E-state index contributed by atoms with van der Waals surface area (Å²) in [4.78, 5) is 37.0. The number of quaternary nitrogens is 1. The first kappa shape index (κ1) is 55.0. The maximum atomic E-state index is 12.8. The number of carbonyl (C=O) groups is 3. The zero-order valence-corrected chi connectivity index (χ0v) is 37.7. The van der Waals surface area contributed by atoms with Crippen molar-refractivity contribution in [2.45, 2.75) is 187 Å². The Bertz CT molecular complexity index is 1140. The average molecular weight is 817 g/mol. The van der Waals surface area contributed by atoms with Gasteiger partial charge >= 0.3 is 17.9 Å². The van der Waals surface area contributed by atoms with Crippen molar-refractivity contribution in [3.05, 3.63) is 60.8 Å². The number of ether oxygens (including phenoxy) is 4. The van der Waals surface area contributed by atoms with E-state index in [9.17, 15) is 19.5 Å². The third-order valence-corrected chi connectivity index (χ3v) is 9.49. The van der Waals surface area contributed by atoms with Crippen LogP contribution in [0.15, 0.2) is 60.8 Å².